The third kappa shape index (κ3) is 4.28. The van der Waals surface area contributed by atoms with Gasteiger partial charge in [0, 0.05) is 31.0 Å². The lowest BCUT2D eigenvalue weighted by Gasteiger charge is -2.30. The fraction of sp³-hybridized carbons (Fsp3) is 0.450. The zero-order valence-electron chi connectivity index (χ0n) is 17.9. The average molecular weight is 462 g/mol. The Bertz CT molecular complexity index is 1190. The molecule has 2 unspecified atom stereocenters. The zero-order valence-corrected chi connectivity index (χ0v) is 18.7. The highest BCUT2D eigenvalue weighted by Gasteiger charge is 2.37. The van der Waals surface area contributed by atoms with E-state index in [1.165, 1.54) is 4.31 Å². The van der Waals surface area contributed by atoms with Gasteiger partial charge in [0.05, 0.1) is 5.92 Å². The molecule has 0 aliphatic carbocycles. The van der Waals surface area contributed by atoms with Crippen LogP contribution in [0.4, 0.5) is 0 Å². The predicted octanol–water partition coefficient (Wildman–Crippen LogP) is 2.44. The second-order valence-corrected chi connectivity index (χ2v) is 9.51. The monoisotopic (exact) mass is 461 g/mol. The Hall–Kier alpha value is -3.12. The molecule has 12 heteroatoms. The second-order valence-electron chi connectivity index (χ2n) is 7.63. The molecule has 1 aliphatic heterocycles. The number of carbonyl (C=O) groups excluding carboxylic acids is 1. The zero-order chi connectivity index (χ0) is 22.9. The molecule has 3 aromatic heterocycles. The van der Waals surface area contributed by atoms with Gasteiger partial charge in [-0.2, -0.15) is 9.29 Å². The molecular weight excluding hydrogens is 438 g/mol. The molecule has 1 fully saturated rings. The van der Waals surface area contributed by atoms with Crippen LogP contribution in [0, 0.1) is 19.8 Å². The molecule has 2 atom stereocenters. The van der Waals surface area contributed by atoms with E-state index in [1.54, 1.807) is 45.3 Å². The summed E-state index contributed by atoms with van der Waals surface area (Å²) in [7, 11) is -3.83. The van der Waals surface area contributed by atoms with Gasteiger partial charge in [-0.05, 0) is 45.7 Å². The summed E-state index contributed by atoms with van der Waals surface area (Å²) < 4.78 is 43.2. The van der Waals surface area contributed by atoms with Crippen LogP contribution in [0.5, 0.6) is 0 Å². The van der Waals surface area contributed by atoms with E-state index in [0.717, 1.165) is 0 Å². The fourth-order valence-corrected chi connectivity index (χ4v) is 5.47. The topological polar surface area (TPSA) is 142 Å². The average Bonchev–Trinajstić information content (AvgIpc) is 3.41. The number of carbonyl (C=O) groups is 1. The van der Waals surface area contributed by atoms with Crippen molar-refractivity contribution in [2.24, 2.45) is 5.92 Å². The van der Waals surface area contributed by atoms with E-state index < -0.39 is 28.0 Å². The lowest BCUT2D eigenvalue weighted by atomic mass is 10.00. The Labute approximate surface area is 184 Å². The lowest BCUT2D eigenvalue weighted by molar-refractivity contribution is -0.156. The minimum absolute atomic E-state index is 0.0166. The minimum atomic E-state index is -3.83. The highest BCUT2D eigenvalue weighted by Crippen LogP contribution is 2.29. The highest BCUT2D eigenvalue weighted by atomic mass is 32.2. The first-order valence-corrected chi connectivity index (χ1v) is 11.6. The van der Waals surface area contributed by atoms with E-state index in [0.29, 0.717) is 36.5 Å². The van der Waals surface area contributed by atoms with E-state index in [2.05, 4.69) is 20.3 Å². The van der Waals surface area contributed by atoms with Crippen LogP contribution in [0.1, 0.15) is 43.2 Å². The van der Waals surface area contributed by atoms with Crippen molar-refractivity contribution in [3.63, 3.8) is 0 Å². The van der Waals surface area contributed by atoms with Crippen LogP contribution in [0.3, 0.4) is 0 Å². The third-order valence-corrected chi connectivity index (χ3v) is 7.40. The first-order valence-electron chi connectivity index (χ1n) is 10.1. The maximum atomic E-state index is 13.1. The number of ether oxygens (including phenoxy) is 1. The van der Waals surface area contributed by atoms with E-state index in [1.807, 2.05) is 0 Å². The number of hydrogen-bond donors (Lipinski definition) is 0. The summed E-state index contributed by atoms with van der Waals surface area (Å²) in [5, 5.41) is 7.63. The maximum Gasteiger partial charge on any atom is 0.311 e. The van der Waals surface area contributed by atoms with E-state index in [9.17, 15) is 13.2 Å². The van der Waals surface area contributed by atoms with Crippen molar-refractivity contribution in [3.8, 4) is 11.4 Å². The van der Waals surface area contributed by atoms with Crippen molar-refractivity contribution in [3.05, 3.63) is 41.9 Å². The number of aromatic nitrogens is 4. The maximum absolute atomic E-state index is 13.1. The molecule has 3 aromatic rings. The summed E-state index contributed by atoms with van der Waals surface area (Å²) in [6.07, 6.45) is 3.50. The van der Waals surface area contributed by atoms with E-state index in [4.69, 9.17) is 13.8 Å². The standard InChI is InChI=1S/C20H23N5O6S/c1-12-17(13(2)30-23-12)32(27,28)25-9-5-7-16(11-25)20(26)29-14(3)19-22-18(24-31-19)15-6-4-8-21-10-15/h4,6,8,10,14,16H,5,7,9,11H2,1-3H3. The van der Waals surface area contributed by atoms with Gasteiger partial charge >= 0.3 is 5.97 Å². The molecule has 0 spiro atoms. The number of pyridine rings is 1. The van der Waals surface area contributed by atoms with Crippen LogP contribution < -0.4 is 0 Å². The van der Waals surface area contributed by atoms with Crippen molar-refractivity contribution in [2.75, 3.05) is 13.1 Å². The quantitative estimate of drug-likeness (QED) is 0.502. The minimum Gasteiger partial charge on any atom is -0.452 e. The number of sulfonamides is 1. The van der Waals surface area contributed by atoms with Crippen molar-refractivity contribution in [2.45, 2.75) is 44.6 Å². The first-order chi connectivity index (χ1) is 15.3. The molecule has 4 heterocycles. The van der Waals surface area contributed by atoms with Crippen molar-refractivity contribution >= 4 is 16.0 Å². The van der Waals surface area contributed by atoms with Crippen LogP contribution in [0.15, 0.2) is 38.5 Å². The molecule has 0 N–H and O–H groups in total. The number of aryl methyl sites for hydroxylation is 2. The highest BCUT2D eigenvalue weighted by molar-refractivity contribution is 7.89. The molecule has 0 aromatic carbocycles. The van der Waals surface area contributed by atoms with Crippen LogP contribution in [-0.4, -0.2) is 52.1 Å². The Morgan fingerprint density at radius 3 is 2.78 bits per heavy atom. The van der Waals surface area contributed by atoms with Crippen LogP contribution in [0.25, 0.3) is 11.4 Å². The fourth-order valence-electron chi connectivity index (χ4n) is 3.66. The second kappa shape index (κ2) is 8.79. The van der Waals surface area contributed by atoms with Crippen LogP contribution in [-0.2, 0) is 19.6 Å². The Morgan fingerprint density at radius 1 is 1.28 bits per heavy atom. The van der Waals surface area contributed by atoms with E-state index >= 15 is 0 Å². The summed E-state index contributed by atoms with van der Waals surface area (Å²) in [5.74, 6) is -0.417. The third-order valence-electron chi connectivity index (χ3n) is 5.29. The van der Waals surface area contributed by atoms with Gasteiger partial charge in [-0.25, -0.2) is 8.42 Å². The summed E-state index contributed by atoms with van der Waals surface area (Å²) in [5.41, 5.74) is 0.968. The molecule has 32 heavy (non-hydrogen) atoms. The van der Waals surface area contributed by atoms with Gasteiger partial charge in [-0.15, -0.1) is 0 Å². The largest absolute Gasteiger partial charge is 0.452 e. The summed E-state index contributed by atoms with van der Waals surface area (Å²) in [6, 6.07) is 3.54. The Morgan fingerprint density at radius 2 is 2.09 bits per heavy atom. The molecule has 0 bridgehead atoms. The van der Waals surface area contributed by atoms with Crippen molar-refractivity contribution in [1.82, 2.24) is 24.6 Å². The van der Waals surface area contributed by atoms with Gasteiger partial charge in [0.25, 0.3) is 5.89 Å². The van der Waals surface area contributed by atoms with Crippen LogP contribution >= 0.6 is 0 Å². The molecule has 1 aliphatic rings. The number of piperidine rings is 1. The molecular formula is C20H23N5O6S. The van der Waals surface area contributed by atoms with E-state index in [-0.39, 0.29) is 23.1 Å². The molecule has 1 saturated heterocycles. The molecule has 4 rings (SSSR count). The smallest absolute Gasteiger partial charge is 0.311 e. The number of esters is 1. The lowest BCUT2D eigenvalue weighted by Crippen LogP contribution is -2.43. The predicted molar refractivity (Wildman–Crippen MR) is 109 cm³/mol. The molecule has 11 nitrogen and oxygen atoms in total. The molecule has 0 amide bonds. The van der Waals surface area contributed by atoms with Gasteiger partial charge in [0.1, 0.15) is 10.6 Å². The Balaban J connectivity index is 1.43. The molecule has 0 saturated carbocycles. The van der Waals surface area contributed by atoms with Gasteiger partial charge in [0.15, 0.2) is 11.9 Å². The van der Waals surface area contributed by atoms with Gasteiger partial charge in [-0.3, -0.25) is 9.78 Å². The van der Waals surface area contributed by atoms with Gasteiger partial charge in [0.2, 0.25) is 15.8 Å². The van der Waals surface area contributed by atoms with Crippen molar-refractivity contribution in [1.29, 1.82) is 0 Å². The normalized spacial score (nSPS) is 18.4. The Kier molecular flexibility index (Phi) is 6.07. The van der Waals surface area contributed by atoms with Gasteiger partial charge < -0.3 is 13.8 Å². The number of hydrogen-bond acceptors (Lipinski definition) is 10. The summed E-state index contributed by atoms with van der Waals surface area (Å²) in [6.45, 7) is 5.07. The van der Waals surface area contributed by atoms with Crippen LogP contribution in [0.2, 0.25) is 0 Å². The number of nitrogens with zero attached hydrogens (tertiary/aromatic N) is 5. The SMILES string of the molecule is Cc1noc(C)c1S(=O)(=O)N1CCCC(C(=O)OC(C)c2nc(-c3cccnc3)no2)C1. The summed E-state index contributed by atoms with van der Waals surface area (Å²) >= 11 is 0. The first kappa shape index (κ1) is 22.1. The van der Waals surface area contributed by atoms with Gasteiger partial charge in [-0.1, -0.05) is 10.3 Å². The molecule has 0 radical (unpaired) electrons. The number of rotatable bonds is 6. The van der Waals surface area contributed by atoms with Crippen molar-refractivity contribution < 1.29 is 27.0 Å². The summed E-state index contributed by atoms with van der Waals surface area (Å²) in [4.78, 5) is 21.1. The molecule has 170 valence electrons.